The summed E-state index contributed by atoms with van der Waals surface area (Å²) in [6.07, 6.45) is 1.78. The zero-order chi connectivity index (χ0) is 22.7. The highest BCUT2D eigenvalue weighted by atomic mass is 35.5. The molecule has 6 heteroatoms. The Bertz CT molecular complexity index is 1130. The summed E-state index contributed by atoms with van der Waals surface area (Å²) in [5.74, 6) is 1.37. The second kappa shape index (κ2) is 10.9. The van der Waals surface area contributed by atoms with E-state index in [2.05, 4.69) is 55.3 Å². The second-order valence-electron chi connectivity index (χ2n) is 8.58. The topological polar surface area (TPSA) is 42.0 Å². The molecule has 1 aliphatic rings. The normalized spacial score (nSPS) is 13.1. The molecule has 5 nitrogen and oxygen atoms in total. The maximum absolute atomic E-state index is 13.1. The van der Waals surface area contributed by atoms with Crippen LogP contribution in [0.3, 0.4) is 0 Å². The predicted molar refractivity (Wildman–Crippen MR) is 136 cm³/mol. The number of hydrogen-bond acceptors (Lipinski definition) is 4. The molecule has 0 radical (unpaired) electrons. The lowest BCUT2D eigenvalue weighted by Gasteiger charge is -2.30. The van der Waals surface area contributed by atoms with Gasteiger partial charge in [-0.25, -0.2) is 0 Å². The van der Waals surface area contributed by atoms with E-state index in [1.54, 1.807) is 14.2 Å². The van der Waals surface area contributed by atoms with Gasteiger partial charge in [-0.05, 0) is 73.0 Å². The number of ether oxygens (including phenoxy) is 2. The third-order valence-electron chi connectivity index (χ3n) is 6.45. The van der Waals surface area contributed by atoms with Gasteiger partial charge >= 0.3 is 0 Å². The number of nitrogens with zero attached hydrogens (tertiary/aromatic N) is 2. The first kappa shape index (κ1) is 24.9. The van der Waals surface area contributed by atoms with Gasteiger partial charge < -0.3 is 19.3 Å². The molecule has 0 fully saturated rings. The van der Waals surface area contributed by atoms with E-state index in [4.69, 9.17) is 9.47 Å². The number of fused-ring (bicyclic) bond motifs is 2. The molecule has 0 saturated heterocycles. The van der Waals surface area contributed by atoms with Crippen molar-refractivity contribution in [1.82, 2.24) is 9.80 Å². The summed E-state index contributed by atoms with van der Waals surface area (Å²) in [6.45, 7) is 5.52. The summed E-state index contributed by atoms with van der Waals surface area (Å²) in [5.41, 5.74) is 4.47. The first-order valence-corrected chi connectivity index (χ1v) is 11.2. The van der Waals surface area contributed by atoms with E-state index in [9.17, 15) is 4.79 Å². The molecule has 176 valence electrons. The summed E-state index contributed by atoms with van der Waals surface area (Å²) in [7, 11) is 5.38. The first-order chi connectivity index (χ1) is 15.5. The number of methoxy groups -OCH3 is 2. The molecule has 0 unspecified atom stereocenters. The molecule has 0 spiro atoms. The lowest BCUT2D eigenvalue weighted by atomic mass is 9.98. The first-order valence-electron chi connectivity index (χ1n) is 11.2. The molecule has 0 N–H and O–H groups in total. The van der Waals surface area contributed by atoms with Crippen LogP contribution in [0.4, 0.5) is 0 Å². The zero-order valence-electron chi connectivity index (χ0n) is 19.9. The average Bonchev–Trinajstić information content (AvgIpc) is 2.81. The van der Waals surface area contributed by atoms with Crippen LogP contribution < -0.4 is 9.47 Å². The van der Waals surface area contributed by atoms with Crippen molar-refractivity contribution in [2.45, 2.75) is 26.3 Å². The summed E-state index contributed by atoms with van der Waals surface area (Å²) >= 11 is 0. The molecule has 4 rings (SSSR count). The maximum atomic E-state index is 13.1. The molecule has 1 amide bonds. The van der Waals surface area contributed by atoms with Crippen LogP contribution in [0, 0.1) is 6.92 Å². The molecule has 0 aliphatic carbocycles. The number of aryl methyl sites for hydroxylation is 1. The van der Waals surface area contributed by atoms with Crippen molar-refractivity contribution < 1.29 is 14.3 Å². The third kappa shape index (κ3) is 5.26. The van der Waals surface area contributed by atoms with Crippen molar-refractivity contribution in [3.8, 4) is 11.5 Å². The smallest absolute Gasteiger partial charge is 0.254 e. The molecule has 0 bridgehead atoms. The highest BCUT2D eigenvalue weighted by Gasteiger charge is 2.26. The van der Waals surface area contributed by atoms with Crippen LogP contribution in [0.5, 0.6) is 11.5 Å². The number of carbonyl (C=O) groups excluding carboxylic acids is 1. The molecular formula is C27H33ClN2O3. The second-order valence-corrected chi connectivity index (χ2v) is 8.58. The summed E-state index contributed by atoms with van der Waals surface area (Å²) in [4.78, 5) is 17.4. The third-order valence-corrected chi connectivity index (χ3v) is 6.45. The summed E-state index contributed by atoms with van der Waals surface area (Å²) < 4.78 is 10.8. The predicted octanol–water partition coefficient (Wildman–Crippen LogP) is 5.11. The fourth-order valence-corrected chi connectivity index (χ4v) is 4.60. The number of benzene rings is 3. The lowest BCUT2D eigenvalue weighted by Crippen LogP contribution is -2.39. The maximum Gasteiger partial charge on any atom is 0.254 e. The van der Waals surface area contributed by atoms with Crippen molar-refractivity contribution in [3.05, 3.63) is 70.8 Å². The van der Waals surface area contributed by atoms with Gasteiger partial charge in [0.25, 0.3) is 5.91 Å². The van der Waals surface area contributed by atoms with Gasteiger partial charge in [0, 0.05) is 25.2 Å². The van der Waals surface area contributed by atoms with Crippen molar-refractivity contribution in [1.29, 1.82) is 0 Å². The Kier molecular flexibility index (Phi) is 8.22. The average molecular weight is 469 g/mol. The Morgan fingerprint density at radius 3 is 2.52 bits per heavy atom. The van der Waals surface area contributed by atoms with Crippen LogP contribution in [-0.4, -0.2) is 56.6 Å². The molecule has 0 saturated carbocycles. The van der Waals surface area contributed by atoms with Gasteiger partial charge in [-0.1, -0.05) is 36.4 Å². The van der Waals surface area contributed by atoms with Crippen LogP contribution in [-0.2, 0) is 13.0 Å². The van der Waals surface area contributed by atoms with Gasteiger partial charge in [-0.15, -0.1) is 12.4 Å². The zero-order valence-corrected chi connectivity index (χ0v) is 20.7. The number of halogens is 1. The van der Waals surface area contributed by atoms with Gasteiger partial charge in [-0.2, -0.15) is 0 Å². The van der Waals surface area contributed by atoms with Crippen molar-refractivity contribution >= 4 is 29.1 Å². The van der Waals surface area contributed by atoms with Crippen molar-refractivity contribution in [2.24, 2.45) is 0 Å². The van der Waals surface area contributed by atoms with E-state index in [-0.39, 0.29) is 18.3 Å². The quantitative estimate of drug-likeness (QED) is 0.461. The Morgan fingerprint density at radius 1 is 1.03 bits per heavy atom. The monoisotopic (exact) mass is 468 g/mol. The van der Waals surface area contributed by atoms with Crippen LogP contribution >= 0.6 is 12.4 Å². The number of hydrogen-bond donors (Lipinski definition) is 0. The SMILES string of the molecule is COc1cc2c(cc1OC)C(=O)N(CCCN(C)Cc1c(C)ccc3ccccc13)CC2.Cl. The molecular weight excluding hydrogens is 436 g/mol. The van der Waals surface area contributed by atoms with Gasteiger partial charge in [0.1, 0.15) is 0 Å². The standard InChI is InChI=1S/C27H32N2O3.ClH/c1-19-10-11-20-8-5-6-9-22(20)24(19)18-28(2)13-7-14-29-15-12-21-16-25(31-3)26(32-4)17-23(21)27(29)30;/h5-6,8-11,16-17H,7,12-15,18H2,1-4H3;1H. The Hall–Kier alpha value is -2.76. The Balaban J connectivity index is 0.00000306. The van der Waals surface area contributed by atoms with E-state index >= 15 is 0 Å². The number of amides is 1. The number of rotatable bonds is 8. The molecule has 1 aliphatic heterocycles. The van der Waals surface area contributed by atoms with Crippen molar-refractivity contribution in [2.75, 3.05) is 40.9 Å². The van der Waals surface area contributed by atoms with E-state index in [1.807, 2.05) is 17.0 Å². The summed E-state index contributed by atoms with van der Waals surface area (Å²) in [6, 6.07) is 16.7. The molecule has 3 aromatic carbocycles. The van der Waals surface area contributed by atoms with Gasteiger partial charge in [-0.3, -0.25) is 4.79 Å². The molecule has 0 atom stereocenters. The highest BCUT2D eigenvalue weighted by molar-refractivity contribution is 5.97. The molecule has 3 aromatic rings. The van der Waals surface area contributed by atoms with Gasteiger partial charge in [0.15, 0.2) is 11.5 Å². The van der Waals surface area contributed by atoms with Crippen molar-refractivity contribution in [3.63, 3.8) is 0 Å². The lowest BCUT2D eigenvalue weighted by molar-refractivity contribution is 0.0732. The highest BCUT2D eigenvalue weighted by Crippen LogP contribution is 2.33. The molecule has 0 aromatic heterocycles. The van der Waals surface area contributed by atoms with E-state index in [0.717, 1.165) is 50.1 Å². The van der Waals surface area contributed by atoms with Crippen LogP contribution in [0.15, 0.2) is 48.5 Å². The molecule has 33 heavy (non-hydrogen) atoms. The van der Waals surface area contributed by atoms with Crippen LogP contribution in [0.2, 0.25) is 0 Å². The van der Waals surface area contributed by atoms with Crippen LogP contribution in [0.1, 0.15) is 33.5 Å². The minimum atomic E-state index is 0. The molecule has 1 heterocycles. The number of carbonyl (C=O) groups is 1. The van der Waals surface area contributed by atoms with Gasteiger partial charge in [0.05, 0.1) is 14.2 Å². The Morgan fingerprint density at radius 2 is 1.76 bits per heavy atom. The van der Waals surface area contributed by atoms with Crippen LogP contribution in [0.25, 0.3) is 10.8 Å². The fourth-order valence-electron chi connectivity index (χ4n) is 4.60. The minimum Gasteiger partial charge on any atom is -0.493 e. The van der Waals surface area contributed by atoms with E-state index in [1.165, 1.54) is 21.9 Å². The largest absolute Gasteiger partial charge is 0.493 e. The minimum absolute atomic E-state index is 0. The Labute approximate surface area is 202 Å². The summed E-state index contributed by atoms with van der Waals surface area (Å²) in [5, 5.41) is 2.61. The van der Waals surface area contributed by atoms with E-state index in [0.29, 0.717) is 11.5 Å². The fraction of sp³-hybridized carbons (Fsp3) is 0.370. The van der Waals surface area contributed by atoms with E-state index < -0.39 is 0 Å². The van der Waals surface area contributed by atoms with Gasteiger partial charge in [0.2, 0.25) is 0 Å².